The summed E-state index contributed by atoms with van der Waals surface area (Å²) in [5.41, 5.74) is 0. The van der Waals surface area contributed by atoms with E-state index in [4.69, 9.17) is 19.2 Å². The van der Waals surface area contributed by atoms with Crippen LogP contribution in [0.25, 0.3) is 0 Å². The molecule has 0 aliphatic heterocycles. The van der Waals surface area contributed by atoms with Crippen molar-refractivity contribution in [1.29, 1.82) is 0 Å². The first kappa shape index (κ1) is 17.2. The molecule has 0 spiro atoms. The van der Waals surface area contributed by atoms with Crippen LogP contribution >= 0.6 is 7.82 Å². The van der Waals surface area contributed by atoms with Crippen molar-refractivity contribution < 1.29 is 45.2 Å². The Hall–Kier alpha value is 1.02. The zero-order chi connectivity index (χ0) is 8.08. The molecule has 0 atom stereocenters. The molecule has 0 aliphatic carbocycles. The van der Waals surface area contributed by atoms with E-state index in [0.717, 1.165) is 0 Å². The molecule has 3 N–H and O–H groups in total. The van der Waals surface area contributed by atoms with E-state index in [9.17, 15) is 10.7 Å². The Morgan fingerprint density at radius 3 is 1.10 bits per heavy atom. The minimum atomic E-state index is -4.64. The molecule has 0 aromatic heterocycles. The maximum absolute atomic E-state index is 9.75. The van der Waals surface area contributed by atoms with Crippen LogP contribution in [0.3, 0.4) is 0 Å². The molecule has 0 rings (SSSR count). The van der Waals surface area contributed by atoms with Crippen LogP contribution in [0.2, 0.25) is 0 Å². The number of hydrogen-bond donors (Lipinski definition) is 3. The first-order chi connectivity index (χ1) is 3.73. The van der Waals surface area contributed by atoms with Gasteiger partial charge in [-0.1, -0.05) is 0 Å². The first-order valence-electron chi connectivity index (χ1n) is 1.18. The topological polar surface area (TPSA) is 77.8 Å². The van der Waals surface area contributed by atoms with Crippen LogP contribution in [-0.2, 0) is 19.8 Å². The van der Waals surface area contributed by atoms with Gasteiger partial charge in [-0.15, -0.1) is 0 Å². The number of phosphoric acid groups is 1. The summed E-state index contributed by atoms with van der Waals surface area (Å²) >= 11 is -4.25. The van der Waals surface area contributed by atoms with Crippen LogP contribution in [0.4, 0.5) is 10.7 Å². The van der Waals surface area contributed by atoms with Crippen molar-refractivity contribution in [3.05, 3.63) is 0 Å². The molecule has 0 amide bonds. The molecule has 4 nitrogen and oxygen atoms in total. The molecule has 0 unspecified atom stereocenters. The summed E-state index contributed by atoms with van der Waals surface area (Å²) in [5.74, 6) is 0. The summed E-state index contributed by atoms with van der Waals surface area (Å²) < 4.78 is 38.1. The van der Waals surface area contributed by atoms with Crippen molar-refractivity contribution in [2.45, 2.75) is 0 Å². The van der Waals surface area contributed by atoms with E-state index in [-0.39, 0.29) is 18.9 Å². The van der Waals surface area contributed by atoms with Gasteiger partial charge in [-0.2, -0.15) is 0 Å². The van der Waals surface area contributed by atoms with Crippen molar-refractivity contribution >= 4 is 26.7 Å². The fourth-order valence-corrected chi connectivity index (χ4v) is 0. The third-order valence-electron chi connectivity index (χ3n) is 0. The standard InChI is InChI=1S/3FH.Fe.Li.H3O4P.H/c;;;;;1-5(2,3)4;/h3*1H;;;(H3,1,2,3,4);/q;;;+3;;;/p-3. The second-order valence-corrected chi connectivity index (χ2v) is 2.16. The van der Waals surface area contributed by atoms with Crippen molar-refractivity contribution in [3.8, 4) is 0 Å². The van der Waals surface area contributed by atoms with Crippen LogP contribution < -0.4 is 0 Å². The van der Waals surface area contributed by atoms with E-state index < -0.39 is 23.1 Å². The van der Waals surface area contributed by atoms with Gasteiger partial charge in [0.1, 0.15) is 0 Å². The Morgan fingerprint density at radius 2 is 1.10 bits per heavy atom. The molecule has 10 heavy (non-hydrogen) atoms. The molecular formula is H4F3FeLiO4P. The quantitative estimate of drug-likeness (QED) is 0.385. The van der Waals surface area contributed by atoms with E-state index in [0.29, 0.717) is 0 Å². The molecule has 0 saturated heterocycles. The summed E-state index contributed by atoms with van der Waals surface area (Å²) in [6.45, 7) is 0. The molecule has 0 bridgehead atoms. The van der Waals surface area contributed by atoms with E-state index in [1.54, 1.807) is 0 Å². The van der Waals surface area contributed by atoms with Crippen molar-refractivity contribution in [2.24, 2.45) is 0 Å². The SMILES string of the molecule is O=P(O)(O)O.[F][Fe]([F])[F].[LiH]. The molecule has 0 aromatic carbocycles. The summed E-state index contributed by atoms with van der Waals surface area (Å²) in [6, 6.07) is 0. The minimum absolute atomic E-state index is 0. The average molecular weight is 219 g/mol. The predicted octanol–water partition coefficient (Wildman–Crippen LogP) is -0.319. The molecule has 0 heterocycles. The summed E-state index contributed by atoms with van der Waals surface area (Å²) in [7, 11) is -4.64. The second kappa shape index (κ2) is 8.12. The molecule has 63 valence electrons. The second-order valence-electron chi connectivity index (χ2n) is 0.665. The monoisotopic (exact) mass is 219 g/mol. The van der Waals surface area contributed by atoms with Gasteiger partial charge in [-0.3, -0.25) is 0 Å². The fourth-order valence-electron chi connectivity index (χ4n) is 0. The fraction of sp³-hybridized carbons (Fsp3) is 0. The van der Waals surface area contributed by atoms with Crippen LogP contribution in [0.15, 0.2) is 0 Å². The van der Waals surface area contributed by atoms with Crippen molar-refractivity contribution in [2.75, 3.05) is 0 Å². The first-order valence-corrected chi connectivity index (χ1v) is 4.00. The van der Waals surface area contributed by atoms with Crippen LogP contribution in [-0.4, -0.2) is 33.5 Å². The van der Waals surface area contributed by atoms with E-state index in [1.165, 1.54) is 0 Å². The zero-order valence-corrected chi connectivity index (χ0v) is 5.68. The molecule has 0 fully saturated rings. The van der Waals surface area contributed by atoms with Gasteiger partial charge in [0.15, 0.2) is 0 Å². The molecular weight excluding hydrogens is 215 g/mol. The number of rotatable bonds is 0. The van der Waals surface area contributed by atoms with Gasteiger partial charge in [-0.25, -0.2) is 4.57 Å². The Morgan fingerprint density at radius 1 is 1.10 bits per heavy atom. The average Bonchev–Trinajstić information content (AvgIpc) is 1.19. The third-order valence-corrected chi connectivity index (χ3v) is 0. The molecule has 0 saturated carbocycles. The van der Waals surface area contributed by atoms with E-state index in [1.807, 2.05) is 0 Å². The number of hydrogen-bond acceptors (Lipinski definition) is 1. The van der Waals surface area contributed by atoms with Gasteiger partial charge in [0, 0.05) is 0 Å². The van der Waals surface area contributed by atoms with Gasteiger partial charge in [0.25, 0.3) is 0 Å². The van der Waals surface area contributed by atoms with Gasteiger partial charge in [0.2, 0.25) is 0 Å². The van der Waals surface area contributed by atoms with Crippen molar-refractivity contribution in [3.63, 3.8) is 0 Å². The van der Waals surface area contributed by atoms with Crippen LogP contribution in [0.1, 0.15) is 0 Å². The molecule has 0 aromatic rings. The summed E-state index contributed by atoms with van der Waals surface area (Å²) in [6.07, 6.45) is 0. The van der Waals surface area contributed by atoms with Gasteiger partial charge in [-0.05, 0) is 0 Å². The van der Waals surface area contributed by atoms with E-state index >= 15 is 0 Å². The third kappa shape index (κ3) is 560. The number of halogens is 3. The van der Waals surface area contributed by atoms with E-state index in [2.05, 4.69) is 0 Å². The molecule has 10 heteroatoms. The zero-order valence-electron chi connectivity index (χ0n) is 3.68. The van der Waals surface area contributed by atoms with Crippen LogP contribution in [0, 0.1) is 0 Å². The van der Waals surface area contributed by atoms with Gasteiger partial charge in [0.05, 0.1) is 0 Å². The maximum atomic E-state index is 9.75. The molecule has 0 radical (unpaired) electrons. The Labute approximate surface area is 72.1 Å². The van der Waals surface area contributed by atoms with Gasteiger partial charge >= 0.3 is 52.6 Å². The Bertz CT molecular complexity index is 91.7. The van der Waals surface area contributed by atoms with Crippen LogP contribution in [0.5, 0.6) is 0 Å². The summed E-state index contributed by atoms with van der Waals surface area (Å²) in [5, 5.41) is 0. The molecule has 0 aliphatic rings. The summed E-state index contributed by atoms with van der Waals surface area (Å²) in [4.78, 5) is 21.6. The Balaban J connectivity index is -0.0000000910. The normalized spacial score (nSPS) is 10.4. The van der Waals surface area contributed by atoms with Crippen molar-refractivity contribution in [1.82, 2.24) is 0 Å². The predicted molar refractivity (Wildman–Crippen MR) is 24.7 cm³/mol. The Kier molecular flexibility index (Phi) is 14.0. The van der Waals surface area contributed by atoms with Gasteiger partial charge < -0.3 is 14.7 Å².